The second-order valence-corrected chi connectivity index (χ2v) is 2.29. The molecule has 0 heterocycles. The van der Waals surface area contributed by atoms with E-state index in [0.29, 0.717) is 0 Å². The number of rotatable bonds is 2. The molecule has 0 aromatic carbocycles. The van der Waals surface area contributed by atoms with Gasteiger partial charge in [0.05, 0.1) is 0 Å². The lowest BCUT2D eigenvalue weighted by Gasteiger charge is -1.77. The first-order chi connectivity index (χ1) is 4.15. The van der Waals surface area contributed by atoms with Crippen molar-refractivity contribution in [2.24, 2.45) is 5.73 Å². The van der Waals surface area contributed by atoms with Gasteiger partial charge in [0.2, 0.25) is 0 Å². The number of unbranched alkanes of at least 4 members (excludes halogenated alkanes) is 1. The van der Waals surface area contributed by atoms with Gasteiger partial charge in [-0.1, -0.05) is 13.3 Å². The minimum atomic E-state index is -0.139. The highest BCUT2D eigenvalue weighted by Crippen LogP contribution is 1.86. The van der Waals surface area contributed by atoms with Crippen molar-refractivity contribution < 1.29 is 0 Å². The van der Waals surface area contributed by atoms with Crippen LogP contribution in [-0.2, 0) is 0 Å². The smallest absolute Gasteiger partial charge is 0.147 e. The fraction of sp³-hybridized carbons (Fsp3) is 0.800. The summed E-state index contributed by atoms with van der Waals surface area (Å²) in [6.07, 6.45) is 2.37. The maximum absolute atomic E-state index is 6.14. The summed E-state index contributed by atoms with van der Waals surface area (Å²) >= 11 is 8.63. The summed E-state index contributed by atoms with van der Waals surface area (Å²) in [5, 5.41) is 6.00. The molecule has 56 valence electrons. The largest absolute Gasteiger partial charge is 0.379 e. The molecule has 9 heavy (non-hydrogen) atoms. The van der Waals surface area contributed by atoms with E-state index in [4.69, 9.17) is 17.0 Å². The summed E-state index contributed by atoms with van der Waals surface area (Å²) in [6.45, 7) is 2.13. The lowest BCUT2D eigenvalue weighted by Crippen LogP contribution is -1.96. The first kappa shape index (κ1) is 11.9. The zero-order valence-electron chi connectivity index (χ0n) is 5.52. The standard InChI is InChI=1S/C4H9Cl.CH4N2S/c1-2-3-4-5;2-1(3)4/h2-4H2,1H3;(H4,2,3,4). The highest BCUT2D eigenvalue weighted by Gasteiger charge is 1.70. The maximum Gasteiger partial charge on any atom is 0.147 e. The van der Waals surface area contributed by atoms with E-state index in [-0.39, 0.29) is 5.17 Å². The number of nitrogens with two attached hydrogens (primary N) is 1. The van der Waals surface area contributed by atoms with Crippen LogP contribution >= 0.6 is 24.2 Å². The third-order valence-corrected chi connectivity index (χ3v) is 0.754. The van der Waals surface area contributed by atoms with Gasteiger partial charge in [-0.05, 0) is 6.42 Å². The van der Waals surface area contributed by atoms with Crippen molar-refractivity contribution in [2.75, 3.05) is 5.88 Å². The lowest BCUT2D eigenvalue weighted by molar-refractivity contribution is 0.892. The fourth-order valence-electron chi connectivity index (χ4n) is 0.134. The van der Waals surface area contributed by atoms with Gasteiger partial charge in [0.15, 0.2) is 0 Å². The van der Waals surface area contributed by atoms with Gasteiger partial charge in [-0.2, -0.15) is 0 Å². The Hall–Kier alpha value is 0.110. The average Bonchev–Trinajstić information content (AvgIpc) is 1.66. The minimum absolute atomic E-state index is 0.139. The number of hydrogen-bond acceptors (Lipinski definition) is 1. The van der Waals surface area contributed by atoms with Gasteiger partial charge in [0.25, 0.3) is 0 Å². The van der Waals surface area contributed by atoms with Crippen molar-refractivity contribution in [3.8, 4) is 0 Å². The highest BCUT2D eigenvalue weighted by molar-refractivity contribution is 7.96. The van der Waals surface area contributed by atoms with Crippen LogP contribution in [0.15, 0.2) is 0 Å². The monoisotopic (exact) mass is 168 g/mol. The van der Waals surface area contributed by atoms with Crippen molar-refractivity contribution in [3.05, 3.63) is 0 Å². The highest BCUT2D eigenvalue weighted by atomic mass is 35.5. The minimum Gasteiger partial charge on any atom is -0.379 e. The molecule has 0 aromatic heterocycles. The zero-order chi connectivity index (χ0) is 7.70. The summed E-state index contributed by atoms with van der Waals surface area (Å²) in [5.41, 5.74) is 4.56. The quantitative estimate of drug-likeness (QED) is 0.251. The first-order valence-corrected chi connectivity index (χ1v) is 3.72. The molecule has 0 aliphatic rings. The third-order valence-electron chi connectivity index (χ3n) is 0.487. The molecule has 0 spiro atoms. The SMILES string of the molecule is CCCCCl.N=C(N)S. The van der Waals surface area contributed by atoms with E-state index in [1.807, 2.05) is 0 Å². The normalized spacial score (nSPS) is 7.44. The van der Waals surface area contributed by atoms with Crippen LogP contribution < -0.4 is 5.73 Å². The number of nitrogens with one attached hydrogen (secondary N) is 1. The number of hydrogen-bond donors (Lipinski definition) is 3. The van der Waals surface area contributed by atoms with Crippen LogP contribution in [0.1, 0.15) is 19.8 Å². The van der Waals surface area contributed by atoms with Crippen molar-refractivity contribution >= 4 is 29.4 Å². The Morgan fingerprint density at radius 3 is 2.11 bits per heavy atom. The molecule has 0 rings (SSSR count). The van der Waals surface area contributed by atoms with Crippen molar-refractivity contribution in [2.45, 2.75) is 19.8 Å². The van der Waals surface area contributed by atoms with Crippen LogP contribution in [-0.4, -0.2) is 11.0 Å². The summed E-state index contributed by atoms with van der Waals surface area (Å²) in [6, 6.07) is 0. The average molecular weight is 169 g/mol. The molecule has 0 amide bonds. The lowest BCUT2D eigenvalue weighted by atomic mass is 10.4. The van der Waals surface area contributed by atoms with Crippen LogP contribution in [0.4, 0.5) is 0 Å². The molecule has 2 nitrogen and oxygen atoms in total. The first-order valence-electron chi connectivity index (χ1n) is 2.74. The van der Waals surface area contributed by atoms with Gasteiger partial charge in [0.1, 0.15) is 5.17 Å². The molecule has 0 aliphatic carbocycles. The summed E-state index contributed by atoms with van der Waals surface area (Å²) in [4.78, 5) is 0. The predicted molar refractivity (Wildman–Crippen MR) is 46.5 cm³/mol. The summed E-state index contributed by atoms with van der Waals surface area (Å²) in [7, 11) is 0. The fourth-order valence-corrected chi connectivity index (χ4v) is 0.401. The molecule has 0 atom stereocenters. The van der Waals surface area contributed by atoms with E-state index in [9.17, 15) is 0 Å². The van der Waals surface area contributed by atoms with Crippen LogP contribution in [0.25, 0.3) is 0 Å². The number of amidine groups is 1. The van der Waals surface area contributed by atoms with E-state index in [1.54, 1.807) is 0 Å². The maximum atomic E-state index is 6.14. The number of halogens is 1. The van der Waals surface area contributed by atoms with E-state index < -0.39 is 0 Å². The second-order valence-electron chi connectivity index (χ2n) is 1.43. The van der Waals surface area contributed by atoms with Crippen LogP contribution in [0.2, 0.25) is 0 Å². The Morgan fingerprint density at radius 1 is 1.78 bits per heavy atom. The third kappa shape index (κ3) is 68.0. The van der Waals surface area contributed by atoms with Gasteiger partial charge in [-0.25, -0.2) is 0 Å². The molecular formula is C5H13ClN2S. The number of alkyl halides is 1. The topological polar surface area (TPSA) is 49.9 Å². The van der Waals surface area contributed by atoms with Gasteiger partial charge in [0, 0.05) is 5.88 Å². The Bertz CT molecular complexity index is 62.0. The molecular weight excluding hydrogens is 156 g/mol. The van der Waals surface area contributed by atoms with Crippen LogP contribution in [0, 0.1) is 5.41 Å². The molecule has 0 radical (unpaired) electrons. The Labute approximate surface area is 66.7 Å². The molecule has 0 unspecified atom stereocenters. The van der Waals surface area contributed by atoms with Gasteiger partial charge >= 0.3 is 0 Å². The van der Waals surface area contributed by atoms with Crippen LogP contribution in [0.5, 0.6) is 0 Å². The Balaban J connectivity index is 0. The summed E-state index contributed by atoms with van der Waals surface area (Å²) in [5.74, 6) is 0.816. The molecule has 0 fully saturated rings. The molecule has 0 saturated heterocycles. The van der Waals surface area contributed by atoms with Crippen molar-refractivity contribution in [1.29, 1.82) is 5.41 Å². The zero-order valence-corrected chi connectivity index (χ0v) is 7.17. The molecule has 3 N–H and O–H groups in total. The Kier molecular flexibility index (Phi) is 14.5. The molecule has 0 saturated carbocycles. The number of thiol groups is 1. The molecule has 0 bridgehead atoms. The van der Waals surface area contributed by atoms with E-state index in [0.717, 1.165) is 12.3 Å². The van der Waals surface area contributed by atoms with Gasteiger partial charge < -0.3 is 5.73 Å². The van der Waals surface area contributed by atoms with E-state index in [2.05, 4.69) is 25.3 Å². The molecule has 0 aliphatic heterocycles. The predicted octanol–water partition coefficient (Wildman–Crippen LogP) is 1.83. The van der Waals surface area contributed by atoms with E-state index in [1.165, 1.54) is 6.42 Å². The second kappa shape index (κ2) is 11.0. The summed E-state index contributed by atoms with van der Waals surface area (Å²) < 4.78 is 0. The Morgan fingerprint density at radius 2 is 2.11 bits per heavy atom. The van der Waals surface area contributed by atoms with E-state index >= 15 is 0 Å². The molecule has 0 aromatic rings. The van der Waals surface area contributed by atoms with Crippen molar-refractivity contribution in [1.82, 2.24) is 0 Å². The van der Waals surface area contributed by atoms with Crippen LogP contribution in [0.3, 0.4) is 0 Å². The van der Waals surface area contributed by atoms with Gasteiger partial charge in [-0.15, -0.1) is 24.2 Å². The van der Waals surface area contributed by atoms with Crippen molar-refractivity contribution in [3.63, 3.8) is 0 Å². The van der Waals surface area contributed by atoms with Gasteiger partial charge in [-0.3, -0.25) is 5.41 Å². The molecule has 4 heteroatoms.